The summed E-state index contributed by atoms with van der Waals surface area (Å²) in [6.45, 7) is 8.02. The summed E-state index contributed by atoms with van der Waals surface area (Å²) in [5.41, 5.74) is 1.64. The number of hydrogen-bond acceptors (Lipinski definition) is 5. The first-order valence-electron chi connectivity index (χ1n) is 10.1. The minimum atomic E-state index is -0.423. The predicted molar refractivity (Wildman–Crippen MR) is 120 cm³/mol. The smallest absolute Gasteiger partial charge is 0.321 e. The van der Waals surface area contributed by atoms with E-state index in [0.717, 1.165) is 5.69 Å². The van der Waals surface area contributed by atoms with Crippen molar-refractivity contribution in [2.75, 3.05) is 36.4 Å². The zero-order chi connectivity index (χ0) is 22.6. The van der Waals surface area contributed by atoms with Gasteiger partial charge in [-0.3, -0.25) is 14.9 Å². The van der Waals surface area contributed by atoms with Crippen molar-refractivity contribution in [1.29, 1.82) is 0 Å². The van der Waals surface area contributed by atoms with E-state index in [1.165, 1.54) is 12.1 Å². The van der Waals surface area contributed by atoms with Gasteiger partial charge in [0.2, 0.25) is 0 Å². The lowest BCUT2D eigenvalue weighted by Gasteiger charge is -2.36. The van der Waals surface area contributed by atoms with E-state index in [0.29, 0.717) is 37.4 Å². The summed E-state index contributed by atoms with van der Waals surface area (Å²) < 4.78 is 0. The van der Waals surface area contributed by atoms with Crippen LogP contribution in [0.25, 0.3) is 0 Å². The second-order valence-electron chi connectivity index (χ2n) is 8.46. The molecule has 1 saturated heterocycles. The van der Waals surface area contributed by atoms with Crippen molar-refractivity contribution in [2.24, 2.45) is 0 Å². The second kappa shape index (κ2) is 9.03. The van der Waals surface area contributed by atoms with E-state index in [9.17, 15) is 19.7 Å². The van der Waals surface area contributed by atoms with Crippen LogP contribution in [0.3, 0.4) is 0 Å². The van der Waals surface area contributed by atoms with Crippen LogP contribution in [0.4, 0.5) is 21.9 Å². The van der Waals surface area contributed by atoms with Crippen molar-refractivity contribution < 1.29 is 14.5 Å². The SMILES string of the molecule is CC(C)(C)NC(=O)c1cccc(NC(=O)N2CCN(c3ccc([N+](=O)[O-])cc3)CC2)c1. The summed E-state index contributed by atoms with van der Waals surface area (Å²) in [6, 6.07) is 13.0. The van der Waals surface area contributed by atoms with E-state index in [-0.39, 0.29) is 23.2 Å². The van der Waals surface area contributed by atoms with Gasteiger partial charge >= 0.3 is 6.03 Å². The number of nitro benzene ring substituents is 1. The van der Waals surface area contributed by atoms with E-state index >= 15 is 0 Å². The highest BCUT2D eigenvalue weighted by Gasteiger charge is 2.22. The number of benzene rings is 2. The lowest BCUT2D eigenvalue weighted by Crippen LogP contribution is -2.50. The maximum absolute atomic E-state index is 12.7. The van der Waals surface area contributed by atoms with Gasteiger partial charge in [0.15, 0.2) is 0 Å². The molecule has 1 fully saturated rings. The van der Waals surface area contributed by atoms with Crippen LogP contribution < -0.4 is 15.5 Å². The maximum atomic E-state index is 12.7. The number of rotatable bonds is 4. The predicted octanol–water partition coefficient (Wildman–Crippen LogP) is 3.48. The Hall–Kier alpha value is -3.62. The summed E-state index contributed by atoms with van der Waals surface area (Å²) in [4.78, 5) is 39.2. The van der Waals surface area contributed by atoms with Gasteiger partial charge in [0.25, 0.3) is 11.6 Å². The molecule has 1 aliphatic rings. The standard InChI is InChI=1S/C22H27N5O4/c1-22(2,3)24-20(28)16-5-4-6-17(15-16)23-21(29)26-13-11-25(12-14-26)18-7-9-19(10-8-18)27(30)31/h4-10,15H,11-14H2,1-3H3,(H,23,29)(H,24,28). The number of non-ortho nitro benzene ring substituents is 1. The van der Waals surface area contributed by atoms with Gasteiger partial charge in [-0.2, -0.15) is 0 Å². The van der Waals surface area contributed by atoms with Crippen LogP contribution in [0.5, 0.6) is 0 Å². The summed E-state index contributed by atoms with van der Waals surface area (Å²) >= 11 is 0. The molecule has 0 saturated carbocycles. The van der Waals surface area contributed by atoms with Gasteiger partial charge in [-0.1, -0.05) is 6.07 Å². The Morgan fingerprint density at radius 3 is 2.23 bits per heavy atom. The van der Waals surface area contributed by atoms with Crippen molar-refractivity contribution in [3.8, 4) is 0 Å². The second-order valence-corrected chi connectivity index (χ2v) is 8.46. The number of piperazine rings is 1. The molecule has 0 bridgehead atoms. The van der Waals surface area contributed by atoms with E-state index in [2.05, 4.69) is 15.5 Å². The topological polar surface area (TPSA) is 108 Å². The van der Waals surface area contributed by atoms with Crippen LogP contribution in [0.15, 0.2) is 48.5 Å². The molecule has 3 rings (SSSR count). The van der Waals surface area contributed by atoms with Crippen molar-refractivity contribution in [1.82, 2.24) is 10.2 Å². The Bertz CT molecular complexity index is 961. The average Bonchev–Trinajstić information content (AvgIpc) is 2.73. The Morgan fingerprint density at radius 1 is 1.00 bits per heavy atom. The van der Waals surface area contributed by atoms with Crippen LogP contribution in [-0.2, 0) is 0 Å². The summed E-state index contributed by atoms with van der Waals surface area (Å²) in [6.07, 6.45) is 0. The number of nitrogens with zero attached hydrogens (tertiary/aromatic N) is 3. The molecule has 164 valence electrons. The van der Waals surface area contributed by atoms with Crippen LogP contribution in [-0.4, -0.2) is 53.5 Å². The van der Waals surface area contributed by atoms with Crippen LogP contribution in [0.2, 0.25) is 0 Å². The molecule has 31 heavy (non-hydrogen) atoms. The quantitative estimate of drug-likeness (QED) is 0.576. The third-order valence-electron chi connectivity index (χ3n) is 4.86. The average molecular weight is 425 g/mol. The Balaban J connectivity index is 1.56. The van der Waals surface area contributed by atoms with E-state index in [1.54, 1.807) is 41.3 Å². The van der Waals surface area contributed by atoms with Crippen molar-refractivity contribution >= 4 is 29.0 Å². The van der Waals surface area contributed by atoms with Gasteiger partial charge in [0.1, 0.15) is 0 Å². The number of carbonyl (C=O) groups is 2. The normalized spacial score (nSPS) is 14.2. The molecule has 1 aliphatic heterocycles. The van der Waals surface area contributed by atoms with Crippen molar-refractivity contribution in [3.05, 3.63) is 64.2 Å². The van der Waals surface area contributed by atoms with Gasteiger partial charge in [0, 0.05) is 60.8 Å². The molecule has 0 radical (unpaired) electrons. The summed E-state index contributed by atoms with van der Waals surface area (Å²) in [5, 5.41) is 16.6. The lowest BCUT2D eigenvalue weighted by atomic mass is 10.1. The van der Waals surface area contributed by atoms with Crippen molar-refractivity contribution in [3.63, 3.8) is 0 Å². The van der Waals surface area contributed by atoms with Gasteiger partial charge in [-0.05, 0) is 51.1 Å². The monoisotopic (exact) mass is 425 g/mol. The molecule has 0 atom stereocenters. The molecule has 2 aromatic carbocycles. The number of nitro groups is 1. The first kappa shape index (κ1) is 22.1. The minimum absolute atomic E-state index is 0.0557. The molecule has 9 heteroatoms. The van der Waals surface area contributed by atoms with Crippen LogP contribution in [0, 0.1) is 10.1 Å². The highest BCUT2D eigenvalue weighted by atomic mass is 16.6. The highest BCUT2D eigenvalue weighted by Crippen LogP contribution is 2.21. The molecule has 0 unspecified atom stereocenters. The number of carbonyl (C=O) groups excluding carboxylic acids is 2. The molecular formula is C22H27N5O4. The molecule has 1 heterocycles. The van der Waals surface area contributed by atoms with Crippen LogP contribution >= 0.6 is 0 Å². The number of amides is 3. The zero-order valence-electron chi connectivity index (χ0n) is 17.9. The zero-order valence-corrected chi connectivity index (χ0v) is 17.9. The molecule has 0 aromatic heterocycles. The number of anilines is 2. The first-order valence-corrected chi connectivity index (χ1v) is 10.1. The van der Waals surface area contributed by atoms with Gasteiger partial charge < -0.3 is 20.4 Å². The van der Waals surface area contributed by atoms with E-state index < -0.39 is 4.92 Å². The molecule has 0 aliphatic carbocycles. The fourth-order valence-electron chi connectivity index (χ4n) is 3.31. The molecule has 2 N–H and O–H groups in total. The van der Waals surface area contributed by atoms with Gasteiger partial charge in [-0.15, -0.1) is 0 Å². The van der Waals surface area contributed by atoms with Crippen molar-refractivity contribution in [2.45, 2.75) is 26.3 Å². The van der Waals surface area contributed by atoms with E-state index in [4.69, 9.17) is 0 Å². The third-order valence-corrected chi connectivity index (χ3v) is 4.86. The van der Waals surface area contributed by atoms with Gasteiger partial charge in [-0.25, -0.2) is 4.79 Å². The maximum Gasteiger partial charge on any atom is 0.321 e. The number of nitrogens with one attached hydrogen (secondary N) is 2. The highest BCUT2D eigenvalue weighted by molar-refractivity contribution is 5.97. The Kier molecular flexibility index (Phi) is 6.43. The molecule has 9 nitrogen and oxygen atoms in total. The molecule has 0 spiro atoms. The first-order chi connectivity index (χ1) is 14.6. The Morgan fingerprint density at radius 2 is 1.65 bits per heavy atom. The van der Waals surface area contributed by atoms with Gasteiger partial charge in [0.05, 0.1) is 4.92 Å². The molecule has 2 aromatic rings. The summed E-state index contributed by atoms with van der Waals surface area (Å²) in [5.74, 6) is -0.194. The fraction of sp³-hybridized carbons (Fsp3) is 0.364. The number of hydrogen-bond donors (Lipinski definition) is 2. The third kappa shape index (κ3) is 5.94. The summed E-state index contributed by atoms with van der Waals surface area (Å²) in [7, 11) is 0. The van der Waals surface area contributed by atoms with Crippen LogP contribution in [0.1, 0.15) is 31.1 Å². The fourth-order valence-corrected chi connectivity index (χ4v) is 3.31. The number of urea groups is 1. The largest absolute Gasteiger partial charge is 0.368 e. The lowest BCUT2D eigenvalue weighted by molar-refractivity contribution is -0.384. The molecule has 3 amide bonds. The molecular weight excluding hydrogens is 398 g/mol. The Labute approximate surface area is 181 Å². The van der Waals surface area contributed by atoms with E-state index in [1.807, 2.05) is 20.8 Å². The minimum Gasteiger partial charge on any atom is -0.368 e.